The van der Waals surface area contributed by atoms with Crippen molar-refractivity contribution in [3.63, 3.8) is 0 Å². The lowest BCUT2D eigenvalue weighted by atomic mass is 10.2. The maximum Gasteiger partial charge on any atom is 0.376 e. The van der Waals surface area contributed by atoms with Crippen LogP contribution in [0.4, 0.5) is 0 Å². The first kappa shape index (κ1) is 11.9. The standard InChI is InChI=1S/C7H4ClN3O5/c8-16-7(15)2-1-10-3(5(9)12)4(11-2)6(13)14/h1H,(H2,9,12)(H,13,14). The molecule has 0 bridgehead atoms. The third-order valence-corrected chi connectivity index (χ3v) is 1.63. The van der Waals surface area contributed by atoms with Crippen molar-refractivity contribution in [1.29, 1.82) is 0 Å². The topological polar surface area (TPSA) is 132 Å². The van der Waals surface area contributed by atoms with Gasteiger partial charge < -0.3 is 15.1 Å². The van der Waals surface area contributed by atoms with Gasteiger partial charge in [0, 0.05) is 0 Å². The molecule has 0 unspecified atom stereocenters. The Balaban J connectivity index is 3.34. The minimum absolute atomic E-state index is 0.447. The van der Waals surface area contributed by atoms with Crippen molar-refractivity contribution >= 4 is 29.7 Å². The second kappa shape index (κ2) is 4.53. The van der Waals surface area contributed by atoms with E-state index in [1.807, 2.05) is 0 Å². The summed E-state index contributed by atoms with van der Waals surface area (Å²) in [6.45, 7) is 0. The number of rotatable bonds is 3. The molecule has 0 saturated carbocycles. The van der Waals surface area contributed by atoms with Gasteiger partial charge in [0.15, 0.2) is 17.1 Å². The minimum atomic E-state index is -1.55. The Morgan fingerprint density at radius 2 is 2.00 bits per heavy atom. The van der Waals surface area contributed by atoms with Gasteiger partial charge in [0.05, 0.1) is 6.20 Å². The molecule has 1 aromatic heterocycles. The number of hydrogen-bond acceptors (Lipinski definition) is 6. The summed E-state index contributed by atoms with van der Waals surface area (Å²) in [5.41, 5.74) is 3.12. The zero-order valence-electron chi connectivity index (χ0n) is 7.51. The summed E-state index contributed by atoms with van der Waals surface area (Å²) >= 11 is 4.76. The first-order chi connectivity index (χ1) is 7.47. The smallest absolute Gasteiger partial charge is 0.376 e. The van der Waals surface area contributed by atoms with Gasteiger partial charge in [-0.25, -0.2) is 19.6 Å². The first-order valence-corrected chi connectivity index (χ1v) is 4.01. The molecule has 0 saturated heterocycles. The van der Waals surface area contributed by atoms with E-state index in [4.69, 9.17) is 22.7 Å². The van der Waals surface area contributed by atoms with E-state index >= 15 is 0 Å². The maximum absolute atomic E-state index is 10.9. The molecule has 0 atom stereocenters. The fourth-order valence-electron chi connectivity index (χ4n) is 0.856. The van der Waals surface area contributed by atoms with Crippen molar-refractivity contribution in [2.24, 2.45) is 5.73 Å². The van der Waals surface area contributed by atoms with Crippen molar-refractivity contribution in [2.75, 3.05) is 0 Å². The van der Waals surface area contributed by atoms with Crippen LogP contribution in [0.3, 0.4) is 0 Å². The predicted octanol–water partition coefficient (Wildman–Crippen LogP) is -0.416. The molecule has 84 valence electrons. The van der Waals surface area contributed by atoms with E-state index in [0.717, 1.165) is 6.20 Å². The van der Waals surface area contributed by atoms with Gasteiger partial charge in [0.2, 0.25) is 0 Å². The van der Waals surface area contributed by atoms with Crippen molar-refractivity contribution < 1.29 is 23.8 Å². The average Bonchev–Trinajstić information content (AvgIpc) is 2.26. The molecule has 0 fully saturated rings. The van der Waals surface area contributed by atoms with Crippen LogP contribution in [-0.4, -0.2) is 32.9 Å². The molecular formula is C7H4ClN3O5. The molecule has 0 radical (unpaired) electrons. The lowest BCUT2D eigenvalue weighted by Gasteiger charge is -2.01. The number of carboxylic acids is 1. The van der Waals surface area contributed by atoms with Gasteiger partial charge in [-0.15, -0.1) is 0 Å². The molecule has 16 heavy (non-hydrogen) atoms. The fraction of sp³-hybridized carbons (Fsp3) is 0. The SMILES string of the molecule is NC(=O)c1ncc(C(=O)OCl)nc1C(=O)O. The van der Waals surface area contributed by atoms with Crippen LogP contribution in [0.1, 0.15) is 31.5 Å². The van der Waals surface area contributed by atoms with E-state index in [9.17, 15) is 14.4 Å². The molecule has 9 heteroatoms. The molecule has 0 aliphatic heterocycles. The van der Waals surface area contributed by atoms with Crippen LogP contribution >= 0.6 is 11.9 Å². The Morgan fingerprint density at radius 3 is 2.44 bits per heavy atom. The molecule has 0 aliphatic carbocycles. The number of hydrogen-bond donors (Lipinski definition) is 2. The minimum Gasteiger partial charge on any atom is -0.476 e. The van der Waals surface area contributed by atoms with Crippen LogP contribution in [-0.2, 0) is 4.29 Å². The van der Waals surface area contributed by atoms with Gasteiger partial charge in [-0.2, -0.15) is 0 Å². The van der Waals surface area contributed by atoms with E-state index in [-0.39, 0.29) is 0 Å². The van der Waals surface area contributed by atoms with Crippen molar-refractivity contribution in [2.45, 2.75) is 0 Å². The Kier molecular flexibility index (Phi) is 3.36. The highest BCUT2D eigenvalue weighted by molar-refractivity contribution is 6.15. The summed E-state index contributed by atoms with van der Waals surface area (Å²) in [5, 5.41) is 8.70. The summed E-state index contributed by atoms with van der Waals surface area (Å²) in [6.07, 6.45) is 0.831. The zero-order chi connectivity index (χ0) is 12.3. The Hall–Kier alpha value is -2.22. The summed E-state index contributed by atoms with van der Waals surface area (Å²) in [4.78, 5) is 39.1. The number of aromatic carboxylic acids is 1. The molecule has 0 aromatic carbocycles. The Labute approximate surface area is 93.2 Å². The highest BCUT2D eigenvalue weighted by Crippen LogP contribution is 2.06. The number of carbonyl (C=O) groups is 3. The van der Waals surface area contributed by atoms with Crippen LogP contribution in [0.25, 0.3) is 0 Å². The third-order valence-electron chi connectivity index (χ3n) is 1.49. The van der Waals surface area contributed by atoms with Crippen molar-refractivity contribution in [3.05, 3.63) is 23.3 Å². The van der Waals surface area contributed by atoms with Gasteiger partial charge in [-0.1, -0.05) is 0 Å². The van der Waals surface area contributed by atoms with Crippen LogP contribution in [0.2, 0.25) is 0 Å². The molecule has 1 amide bonds. The van der Waals surface area contributed by atoms with Gasteiger partial charge >= 0.3 is 11.9 Å². The molecule has 1 aromatic rings. The Bertz CT molecular complexity index is 475. The van der Waals surface area contributed by atoms with E-state index in [2.05, 4.69) is 14.3 Å². The largest absolute Gasteiger partial charge is 0.476 e. The molecule has 1 heterocycles. The van der Waals surface area contributed by atoms with Crippen molar-refractivity contribution in [3.8, 4) is 0 Å². The van der Waals surface area contributed by atoms with Gasteiger partial charge in [0.25, 0.3) is 5.91 Å². The molecule has 1 rings (SSSR count). The second-order valence-corrected chi connectivity index (χ2v) is 2.64. The summed E-state index contributed by atoms with van der Waals surface area (Å²) in [6, 6.07) is 0. The van der Waals surface area contributed by atoms with Crippen molar-refractivity contribution in [1.82, 2.24) is 9.97 Å². The van der Waals surface area contributed by atoms with E-state index < -0.39 is 34.9 Å². The van der Waals surface area contributed by atoms with Gasteiger partial charge in [-0.05, 0) is 0 Å². The molecule has 0 spiro atoms. The van der Waals surface area contributed by atoms with E-state index in [1.165, 1.54) is 0 Å². The number of aromatic nitrogens is 2. The number of nitrogens with zero attached hydrogens (tertiary/aromatic N) is 2. The third kappa shape index (κ3) is 2.23. The van der Waals surface area contributed by atoms with Crippen LogP contribution in [0, 0.1) is 0 Å². The average molecular weight is 246 g/mol. The summed E-state index contributed by atoms with van der Waals surface area (Å²) in [7, 11) is 0. The predicted molar refractivity (Wildman–Crippen MR) is 48.8 cm³/mol. The quantitative estimate of drug-likeness (QED) is 0.739. The highest BCUT2D eigenvalue weighted by atomic mass is 35.5. The lowest BCUT2D eigenvalue weighted by Crippen LogP contribution is -2.21. The van der Waals surface area contributed by atoms with Crippen LogP contribution in [0.15, 0.2) is 6.20 Å². The maximum atomic E-state index is 10.9. The summed E-state index contributed by atoms with van der Waals surface area (Å²) in [5.74, 6) is -3.71. The van der Waals surface area contributed by atoms with E-state index in [0.29, 0.717) is 0 Å². The number of halogens is 1. The van der Waals surface area contributed by atoms with E-state index in [1.54, 1.807) is 0 Å². The molecule has 0 aliphatic rings. The number of carboxylic acid groups (broad SMARTS) is 1. The van der Waals surface area contributed by atoms with Gasteiger partial charge in [-0.3, -0.25) is 4.79 Å². The normalized spacial score (nSPS) is 9.56. The second-order valence-electron chi connectivity index (χ2n) is 2.49. The number of nitrogens with two attached hydrogens (primary N) is 1. The Morgan fingerprint density at radius 1 is 1.38 bits per heavy atom. The number of carbonyl (C=O) groups excluding carboxylic acids is 2. The lowest BCUT2D eigenvalue weighted by molar-refractivity contribution is 0.0683. The molecular weight excluding hydrogens is 242 g/mol. The highest BCUT2D eigenvalue weighted by Gasteiger charge is 2.21. The fourth-order valence-corrected chi connectivity index (χ4v) is 0.935. The summed E-state index contributed by atoms with van der Waals surface area (Å²) < 4.78 is 3.79. The first-order valence-electron chi connectivity index (χ1n) is 3.70. The van der Waals surface area contributed by atoms with Crippen LogP contribution < -0.4 is 5.73 Å². The monoisotopic (exact) mass is 245 g/mol. The zero-order valence-corrected chi connectivity index (χ0v) is 8.26. The molecule has 8 nitrogen and oxygen atoms in total. The number of primary amides is 1. The molecule has 3 N–H and O–H groups in total. The van der Waals surface area contributed by atoms with Crippen LogP contribution in [0.5, 0.6) is 0 Å². The van der Waals surface area contributed by atoms with Gasteiger partial charge in [0.1, 0.15) is 11.9 Å². The number of amides is 1.